The van der Waals surface area contributed by atoms with Gasteiger partial charge in [-0.1, -0.05) is 6.07 Å². The maximum atomic E-state index is 12.5. The second-order valence-electron chi connectivity index (χ2n) is 5.14. The molecule has 0 radical (unpaired) electrons. The van der Waals surface area contributed by atoms with Crippen molar-refractivity contribution in [2.24, 2.45) is 5.92 Å². The number of para-hydroxylation sites is 1. The molecule has 1 atom stereocenters. The van der Waals surface area contributed by atoms with Gasteiger partial charge in [0, 0.05) is 6.54 Å². The average molecular weight is 351 g/mol. The molecule has 1 aliphatic heterocycles. The third-order valence-electron chi connectivity index (χ3n) is 3.60. The lowest BCUT2D eigenvalue weighted by Gasteiger charge is -2.23. The normalized spacial score (nSPS) is 17.3. The zero-order chi connectivity index (χ0) is 15.9. The summed E-state index contributed by atoms with van der Waals surface area (Å²) in [5.74, 6) is -0.227. The summed E-state index contributed by atoms with van der Waals surface area (Å²) in [4.78, 5) is 12.2. The minimum atomic E-state index is -3.02. The van der Waals surface area contributed by atoms with Crippen LogP contribution in [0.25, 0.3) is 0 Å². The molecule has 0 spiro atoms. The number of nitrogens with one attached hydrogen (secondary N) is 2. The standard InChI is InChI=1S/C15H20F2N2O3.ClH/c1-21-12-6-2-5-11(13(12)22-15(16)17)14(20)19-9-10-4-3-7-18-8-10;/h2,5-6,10,15,18H,3-4,7-9H2,1H3,(H,19,20);1H. The summed E-state index contributed by atoms with van der Waals surface area (Å²) >= 11 is 0. The number of hydrogen-bond acceptors (Lipinski definition) is 4. The maximum Gasteiger partial charge on any atom is 0.387 e. The molecule has 1 fully saturated rings. The second kappa shape index (κ2) is 9.52. The highest BCUT2D eigenvalue weighted by Gasteiger charge is 2.21. The topological polar surface area (TPSA) is 59.6 Å². The number of rotatable bonds is 6. The van der Waals surface area contributed by atoms with Gasteiger partial charge in [-0.2, -0.15) is 8.78 Å². The van der Waals surface area contributed by atoms with Crippen molar-refractivity contribution in [2.75, 3.05) is 26.7 Å². The van der Waals surface area contributed by atoms with E-state index in [1.54, 1.807) is 6.07 Å². The van der Waals surface area contributed by atoms with E-state index in [0.29, 0.717) is 12.5 Å². The van der Waals surface area contributed by atoms with Gasteiger partial charge in [0.2, 0.25) is 0 Å². The Balaban J connectivity index is 0.00000264. The Morgan fingerprint density at radius 1 is 1.48 bits per heavy atom. The Kier molecular flexibility index (Phi) is 8.05. The molecule has 2 N–H and O–H groups in total. The Morgan fingerprint density at radius 2 is 2.26 bits per heavy atom. The van der Waals surface area contributed by atoms with Gasteiger partial charge in [-0.3, -0.25) is 4.79 Å². The first kappa shape index (κ1) is 19.4. The number of alkyl halides is 2. The number of methoxy groups -OCH3 is 1. The van der Waals surface area contributed by atoms with Crippen LogP contribution in [0.5, 0.6) is 11.5 Å². The summed E-state index contributed by atoms with van der Waals surface area (Å²) in [7, 11) is 1.34. The first-order valence-corrected chi connectivity index (χ1v) is 7.22. The summed E-state index contributed by atoms with van der Waals surface area (Å²) in [6, 6.07) is 4.47. The van der Waals surface area contributed by atoms with Gasteiger partial charge in [-0.15, -0.1) is 12.4 Å². The molecule has 2 rings (SSSR count). The molecule has 0 aliphatic carbocycles. The molecule has 1 aromatic carbocycles. The van der Waals surface area contributed by atoms with Crippen LogP contribution in [0.15, 0.2) is 18.2 Å². The largest absolute Gasteiger partial charge is 0.493 e. The summed E-state index contributed by atoms with van der Waals surface area (Å²) in [6.07, 6.45) is 2.10. The number of halogens is 3. The lowest BCUT2D eigenvalue weighted by molar-refractivity contribution is -0.0515. The van der Waals surface area contributed by atoms with E-state index in [1.165, 1.54) is 19.2 Å². The van der Waals surface area contributed by atoms with Crippen LogP contribution in [-0.2, 0) is 0 Å². The van der Waals surface area contributed by atoms with E-state index >= 15 is 0 Å². The van der Waals surface area contributed by atoms with Gasteiger partial charge in [0.05, 0.1) is 12.7 Å². The molecular formula is C15H21ClF2N2O3. The van der Waals surface area contributed by atoms with Crippen molar-refractivity contribution in [1.29, 1.82) is 0 Å². The summed E-state index contributed by atoms with van der Waals surface area (Å²) in [5.41, 5.74) is 0.0448. The molecule has 0 aromatic heterocycles. The summed E-state index contributed by atoms with van der Waals surface area (Å²) in [6.45, 7) is -0.687. The highest BCUT2D eigenvalue weighted by atomic mass is 35.5. The number of carbonyl (C=O) groups is 1. The quantitative estimate of drug-likeness (QED) is 0.827. The van der Waals surface area contributed by atoms with E-state index in [9.17, 15) is 13.6 Å². The van der Waals surface area contributed by atoms with Crippen LogP contribution in [0, 0.1) is 5.92 Å². The van der Waals surface area contributed by atoms with Crippen molar-refractivity contribution in [3.8, 4) is 11.5 Å². The van der Waals surface area contributed by atoms with Crippen molar-refractivity contribution in [3.63, 3.8) is 0 Å². The highest BCUT2D eigenvalue weighted by molar-refractivity contribution is 5.97. The molecule has 1 unspecified atom stereocenters. The number of benzene rings is 1. The molecule has 130 valence electrons. The number of hydrogen-bond donors (Lipinski definition) is 2. The summed E-state index contributed by atoms with van der Waals surface area (Å²) < 4.78 is 34.5. The van der Waals surface area contributed by atoms with Gasteiger partial charge >= 0.3 is 6.61 Å². The van der Waals surface area contributed by atoms with E-state index in [1.807, 2.05) is 0 Å². The molecule has 1 saturated heterocycles. The van der Waals surface area contributed by atoms with Gasteiger partial charge in [0.15, 0.2) is 11.5 Å². The zero-order valence-electron chi connectivity index (χ0n) is 12.8. The fraction of sp³-hybridized carbons (Fsp3) is 0.533. The van der Waals surface area contributed by atoms with Crippen LogP contribution >= 0.6 is 12.4 Å². The second-order valence-corrected chi connectivity index (χ2v) is 5.14. The van der Waals surface area contributed by atoms with Crippen LogP contribution in [0.4, 0.5) is 8.78 Å². The van der Waals surface area contributed by atoms with Crippen LogP contribution < -0.4 is 20.1 Å². The first-order valence-electron chi connectivity index (χ1n) is 7.22. The SMILES string of the molecule is COc1cccc(C(=O)NCC2CCCNC2)c1OC(F)F.Cl. The molecule has 0 saturated carbocycles. The zero-order valence-corrected chi connectivity index (χ0v) is 13.6. The average Bonchev–Trinajstić information content (AvgIpc) is 2.53. The van der Waals surface area contributed by atoms with Crippen molar-refractivity contribution in [3.05, 3.63) is 23.8 Å². The number of piperidine rings is 1. The van der Waals surface area contributed by atoms with Crippen LogP contribution in [0.1, 0.15) is 23.2 Å². The number of carbonyl (C=O) groups excluding carboxylic acids is 1. The van der Waals surface area contributed by atoms with Crippen molar-refractivity contribution < 1.29 is 23.0 Å². The molecule has 1 amide bonds. The first-order chi connectivity index (χ1) is 10.6. The Labute approximate surface area is 140 Å². The van der Waals surface area contributed by atoms with E-state index in [2.05, 4.69) is 15.4 Å². The van der Waals surface area contributed by atoms with Crippen LogP contribution in [0.3, 0.4) is 0 Å². The fourth-order valence-corrected chi connectivity index (χ4v) is 2.50. The minimum Gasteiger partial charge on any atom is -0.493 e. The third kappa shape index (κ3) is 5.51. The number of amides is 1. The van der Waals surface area contributed by atoms with E-state index < -0.39 is 12.5 Å². The molecule has 5 nitrogen and oxygen atoms in total. The third-order valence-corrected chi connectivity index (χ3v) is 3.60. The molecule has 1 heterocycles. The van der Waals surface area contributed by atoms with Gasteiger partial charge in [-0.05, 0) is 44.0 Å². The fourth-order valence-electron chi connectivity index (χ4n) is 2.50. The minimum absolute atomic E-state index is 0. The molecule has 0 bridgehead atoms. The highest BCUT2D eigenvalue weighted by Crippen LogP contribution is 2.32. The summed E-state index contributed by atoms with van der Waals surface area (Å²) in [5, 5.41) is 6.03. The molecule has 1 aromatic rings. The smallest absolute Gasteiger partial charge is 0.387 e. The van der Waals surface area contributed by atoms with E-state index in [0.717, 1.165) is 25.9 Å². The van der Waals surface area contributed by atoms with E-state index in [-0.39, 0.29) is 29.5 Å². The van der Waals surface area contributed by atoms with Gasteiger partial charge in [-0.25, -0.2) is 0 Å². The molecule has 8 heteroatoms. The van der Waals surface area contributed by atoms with Crippen molar-refractivity contribution in [1.82, 2.24) is 10.6 Å². The predicted octanol–water partition coefficient (Wildman–Crippen LogP) is 2.45. The van der Waals surface area contributed by atoms with E-state index in [4.69, 9.17) is 4.74 Å². The Bertz CT molecular complexity index is 511. The van der Waals surface area contributed by atoms with Crippen LogP contribution in [-0.4, -0.2) is 39.3 Å². The Hall–Kier alpha value is -1.60. The molecule has 1 aliphatic rings. The van der Waals surface area contributed by atoms with Crippen molar-refractivity contribution >= 4 is 18.3 Å². The molecular weight excluding hydrogens is 330 g/mol. The number of ether oxygens (including phenoxy) is 2. The van der Waals surface area contributed by atoms with Gasteiger partial charge < -0.3 is 20.1 Å². The van der Waals surface area contributed by atoms with Crippen molar-refractivity contribution in [2.45, 2.75) is 19.5 Å². The van der Waals surface area contributed by atoms with Gasteiger partial charge in [0.25, 0.3) is 5.91 Å². The lowest BCUT2D eigenvalue weighted by atomic mass is 9.99. The Morgan fingerprint density at radius 3 is 2.87 bits per heavy atom. The monoisotopic (exact) mass is 350 g/mol. The maximum absolute atomic E-state index is 12.5. The van der Waals surface area contributed by atoms with Crippen LogP contribution in [0.2, 0.25) is 0 Å². The van der Waals surface area contributed by atoms with Gasteiger partial charge in [0.1, 0.15) is 0 Å². The lowest BCUT2D eigenvalue weighted by Crippen LogP contribution is -2.38. The predicted molar refractivity (Wildman–Crippen MR) is 84.8 cm³/mol. The molecule has 23 heavy (non-hydrogen) atoms.